The molecule has 3 rings (SSSR count). The van der Waals surface area contributed by atoms with Crippen LogP contribution < -0.4 is 5.32 Å². The molecule has 0 aliphatic heterocycles. The summed E-state index contributed by atoms with van der Waals surface area (Å²) in [5.41, 5.74) is 2.10. The fraction of sp³-hybridized carbons (Fsp3) is 0.136. The van der Waals surface area contributed by atoms with Gasteiger partial charge in [-0.15, -0.1) is 0 Å². The lowest BCUT2D eigenvalue weighted by molar-refractivity contribution is -0.116. The van der Waals surface area contributed by atoms with Crippen LogP contribution >= 0.6 is 34.8 Å². The third-order valence-corrected chi connectivity index (χ3v) is 7.35. The second kappa shape index (κ2) is 10.0. The molecular formula is C22H19Cl3N2O3S. The van der Waals surface area contributed by atoms with Gasteiger partial charge in [0.15, 0.2) is 0 Å². The summed E-state index contributed by atoms with van der Waals surface area (Å²) in [6.07, 6.45) is 0. The molecule has 0 saturated carbocycles. The van der Waals surface area contributed by atoms with Crippen LogP contribution in [0.1, 0.15) is 11.1 Å². The Bertz CT molecular complexity index is 1180. The number of hydrogen-bond acceptors (Lipinski definition) is 3. The molecule has 0 atom stereocenters. The van der Waals surface area contributed by atoms with Crippen molar-refractivity contribution in [3.8, 4) is 0 Å². The number of carbonyl (C=O) groups excluding carboxylic acids is 1. The normalized spacial score (nSPS) is 11.5. The predicted octanol–water partition coefficient (Wildman–Crippen LogP) is 5.78. The zero-order valence-corrected chi connectivity index (χ0v) is 19.6. The first-order chi connectivity index (χ1) is 14.7. The summed E-state index contributed by atoms with van der Waals surface area (Å²) in [6, 6.07) is 18.0. The van der Waals surface area contributed by atoms with E-state index in [0.29, 0.717) is 10.7 Å². The molecule has 3 aromatic rings. The van der Waals surface area contributed by atoms with Crippen molar-refractivity contribution in [1.82, 2.24) is 4.31 Å². The Kier molecular flexibility index (Phi) is 7.62. The van der Waals surface area contributed by atoms with E-state index in [1.165, 1.54) is 24.3 Å². The van der Waals surface area contributed by atoms with Gasteiger partial charge in [-0.2, -0.15) is 4.31 Å². The zero-order valence-electron chi connectivity index (χ0n) is 16.5. The molecule has 0 aliphatic carbocycles. The van der Waals surface area contributed by atoms with Crippen molar-refractivity contribution in [3.05, 3.63) is 92.9 Å². The topological polar surface area (TPSA) is 66.5 Å². The molecule has 0 saturated heterocycles. The van der Waals surface area contributed by atoms with Crippen molar-refractivity contribution >= 4 is 56.4 Å². The number of rotatable bonds is 7. The number of benzene rings is 3. The molecule has 0 spiro atoms. The number of carbonyl (C=O) groups is 1. The van der Waals surface area contributed by atoms with Gasteiger partial charge in [0.25, 0.3) is 0 Å². The number of halogens is 3. The summed E-state index contributed by atoms with van der Waals surface area (Å²) in [5, 5.41) is 3.51. The van der Waals surface area contributed by atoms with Crippen LogP contribution in [0.4, 0.5) is 5.69 Å². The Morgan fingerprint density at radius 3 is 2.23 bits per heavy atom. The number of hydrogen-bond donors (Lipinski definition) is 1. The van der Waals surface area contributed by atoms with Gasteiger partial charge in [0.1, 0.15) is 0 Å². The molecular weight excluding hydrogens is 479 g/mol. The molecule has 0 heterocycles. The first-order valence-corrected chi connectivity index (χ1v) is 11.8. The molecule has 162 valence electrons. The van der Waals surface area contributed by atoms with E-state index in [1.807, 2.05) is 31.2 Å². The highest BCUT2D eigenvalue weighted by molar-refractivity contribution is 7.89. The van der Waals surface area contributed by atoms with Crippen LogP contribution in [0, 0.1) is 6.92 Å². The lowest BCUT2D eigenvalue weighted by atomic mass is 10.1. The van der Waals surface area contributed by atoms with Gasteiger partial charge >= 0.3 is 0 Å². The van der Waals surface area contributed by atoms with Gasteiger partial charge in [0.2, 0.25) is 15.9 Å². The second-order valence-electron chi connectivity index (χ2n) is 6.86. The summed E-state index contributed by atoms with van der Waals surface area (Å²) >= 11 is 18.0. The van der Waals surface area contributed by atoms with E-state index in [1.54, 1.807) is 18.2 Å². The van der Waals surface area contributed by atoms with Gasteiger partial charge in [-0.1, -0.05) is 70.7 Å². The van der Waals surface area contributed by atoms with E-state index < -0.39 is 22.5 Å². The highest BCUT2D eigenvalue weighted by Crippen LogP contribution is 2.29. The smallest absolute Gasteiger partial charge is 0.243 e. The Labute approximate surface area is 196 Å². The van der Waals surface area contributed by atoms with E-state index in [-0.39, 0.29) is 21.5 Å². The SMILES string of the molecule is Cc1ccc(CN(CC(=O)Nc2cccc(Cl)c2Cl)S(=O)(=O)c2ccc(Cl)cc2)cc1. The van der Waals surface area contributed by atoms with Gasteiger partial charge in [0, 0.05) is 11.6 Å². The van der Waals surface area contributed by atoms with E-state index >= 15 is 0 Å². The Balaban J connectivity index is 1.89. The monoisotopic (exact) mass is 496 g/mol. The molecule has 1 N–H and O–H groups in total. The van der Waals surface area contributed by atoms with Gasteiger partial charge in [-0.3, -0.25) is 4.79 Å². The Morgan fingerprint density at radius 2 is 1.58 bits per heavy atom. The first-order valence-electron chi connectivity index (χ1n) is 9.22. The fourth-order valence-corrected chi connectivity index (χ4v) is 4.69. The van der Waals surface area contributed by atoms with Crippen LogP contribution in [0.5, 0.6) is 0 Å². The molecule has 0 fully saturated rings. The number of nitrogens with zero attached hydrogens (tertiary/aromatic N) is 1. The fourth-order valence-electron chi connectivity index (χ4n) is 2.83. The Hall–Kier alpha value is -2.09. The number of amides is 1. The van der Waals surface area contributed by atoms with Crippen molar-refractivity contribution in [3.63, 3.8) is 0 Å². The molecule has 0 unspecified atom stereocenters. The maximum atomic E-state index is 13.3. The molecule has 9 heteroatoms. The van der Waals surface area contributed by atoms with Crippen LogP contribution in [0.15, 0.2) is 71.6 Å². The highest BCUT2D eigenvalue weighted by Gasteiger charge is 2.27. The summed E-state index contributed by atoms with van der Waals surface area (Å²) in [7, 11) is -3.98. The third-order valence-electron chi connectivity index (χ3n) is 4.48. The molecule has 0 bridgehead atoms. The van der Waals surface area contributed by atoms with Crippen LogP contribution in [-0.2, 0) is 21.4 Å². The maximum Gasteiger partial charge on any atom is 0.243 e. The number of sulfonamides is 1. The van der Waals surface area contributed by atoms with Crippen molar-refractivity contribution in [1.29, 1.82) is 0 Å². The van der Waals surface area contributed by atoms with Crippen LogP contribution in [-0.4, -0.2) is 25.2 Å². The van der Waals surface area contributed by atoms with Gasteiger partial charge in [-0.25, -0.2) is 8.42 Å². The van der Waals surface area contributed by atoms with Gasteiger partial charge in [-0.05, 0) is 48.9 Å². The van der Waals surface area contributed by atoms with Crippen molar-refractivity contribution in [2.75, 3.05) is 11.9 Å². The van der Waals surface area contributed by atoms with Crippen molar-refractivity contribution in [2.45, 2.75) is 18.4 Å². The lowest BCUT2D eigenvalue weighted by Crippen LogP contribution is -2.37. The average molecular weight is 498 g/mol. The minimum absolute atomic E-state index is 0.0158. The molecule has 0 aromatic heterocycles. The summed E-state index contributed by atoms with van der Waals surface area (Å²) in [5.74, 6) is -0.547. The Morgan fingerprint density at radius 1 is 0.935 bits per heavy atom. The summed E-state index contributed by atoms with van der Waals surface area (Å²) in [6.45, 7) is 1.54. The minimum Gasteiger partial charge on any atom is -0.324 e. The summed E-state index contributed by atoms with van der Waals surface area (Å²) in [4.78, 5) is 12.8. The number of nitrogens with one attached hydrogen (secondary N) is 1. The minimum atomic E-state index is -3.98. The van der Waals surface area contributed by atoms with E-state index in [4.69, 9.17) is 34.8 Å². The van der Waals surface area contributed by atoms with E-state index in [2.05, 4.69) is 5.32 Å². The molecule has 1 amide bonds. The van der Waals surface area contributed by atoms with Crippen LogP contribution in [0.25, 0.3) is 0 Å². The lowest BCUT2D eigenvalue weighted by Gasteiger charge is -2.22. The quantitative estimate of drug-likeness (QED) is 0.449. The van der Waals surface area contributed by atoms with Crippen molar-refractivity contribution in [2.24, 2.45) is 0 Å². The predicted molar refractivity (Wildman–Crippen MR) is 125 cm³/mol. The van der Waals surface area contributed by atoms with Gasteiger partial charge in [0.05, 0.1) is 27.2 Å². The van der Waals surface area contributed by atoms with Crippen LogP contribution in [0.3, 0.4) is 0 Å². The molecule has 0 aliphatic rings. The first kappa shape index (κ1) is 23.6. The van der Waals surface area contributed by atoms with E-state index in [0.717, 1.165) is 15.4 Å². The molecule has 0 radical (unpaired) electrons. The standard InChI is InChI=1S/C22H19Cl3N2O3S/c1-15-5-7-16(8-6-15)13-27(31(29,30)18-11-9-17(23)10-12-18)14-21(28)26-20-4-2-3-19(24)22(20)25/h2-12H,13-14H2,1H3,(H,26,28). The zero-order chi connectivity index (χ0) is 22.6. The maximum absolute atomic E-state index is 13.3. The average Bonchev–Trinajstić information content (AvgIpc) is 2.73. The third kappa shape index (κ3) is 5.99. The van der Waals surface area contributed by atoms with Gasteiger partial charge < -0.3 is 5.32 Å². The van der Waals surface area contributed by atoms with Crippen LogP contribution in [0.2, 0.25) is 15.1 Å². The number of anilines is 1. The summed E-state index contributed by atoms with van der Waals surface area (Å²) < 4.78 is 27.7. The second-order valence-corrected chi connectivity index (χ2v) is 10.0. The van der Waals surface area contributed by atoms with Crippen molar-refractivity contribution < 1.29 is 13.2 Å². The number of aryl methyl sites for hydroxylation is 1. The van der Waals surface area contributed by atoms with E-state index in [9.17, 15) is 13.2 Å². The molecule has 3 aromatic carbocycles. The largest absolute Gasteiger partial charge is 0.324 e. The molecule has 5 nitrogen and oxygen atoms in total. The molecule has 31 heavy (non-hydrogen) atoms. The highest BCUT2D eigenvalue weighted by atomic mass is 35.5.